The van der Waals surface area contributed by atoms with Crippen LogP contribution >= 0.6 is 0 Å². The van der Waals surface area contributed by atoms with E-state index >= 15 is 0 Å². The highest BCUT2D eigenvalue weighted by Gasteiger charge is 1.89. The van der Waals surface area contributed by atoms with Crippen LogP contribution in [0.5, 0.6) is 0 Å². The van der Waals surface area contributed by atoms with Crippen LogP contribution in [0, 0.1) is 6.42 Å². The van der Waals surface area contributed by atoms with Crippen molar-refractivity contribution in [2.24, 2.45) is 0 Å². The van der Waals surface area contributed by atoms with Crippen molar-refractivity contribution in [3.8, 4) is 0 Å². The third-order valence-electron chi connectivity index (χ3n) is 1.38. The molecule has 0 aliphatic rings. The van der Waals surface area contributed by atoms with Crippen LogP contribution < -0.4 is 0 Å². The summed E-state index contributed by atoms with van der Waals surface area (Å²) in [5, 5.41) is 0. The van der Waals surface area contributed by atoms with Crippen molar-refractivity contribution in [2.45, 2.75) is 20.3 Å². The summed E-state index contributed by atoms with van der Waals surface area (Å²) >= 11 is 0. The van der Waals surface area contributed by atoms with E-state index in [9.17, 15) is 0 Å². The lowest BCUT2D eigenvalue weighted by molar-refractivity contribution is 0.0183. The van der Waals surface area contributed by atoms with Gasteiger partial charge in [-0.2, -0.15) is 0 Å². The van der Waals surface area contributed by atoms with E-state index in [0.717, 1.165) is 13.0 Å². The second kappa shape index (κ2) is 11.9. The summed E-state index contributed by atoms with van der Waals surface area (Å²) in [5.74, 6) is 0. The summed E-state index contributed by atoms with van der Waals surface area (Å²) in [7, 11) is 0. The molecule has 1 radical (unpaired) electrons. The molecule has 13 heavy (non-hydrogen) atoms. The third-order valence-corrected chi connectivity index (χ3v) is 1.38. The van der Waals surface area contributed by atoms with Crippen molar-refractivity contribution in [3.05, 3.63) is 6.42 Å². The summed E-state index contributed by atoms with van der Waals surface area (Å²) in [5.41, 5.74) is 0. The Morgan fingerprint density at radius 2 is 1.38 bits per heavy atom. The molecule has 3 heteroatoms. The van der Waals surface area contributed by atoms with Gasteiger partial charge in [-0.1, -0.05) is 13.8 Å². The minimum atomic E-state index is 0.656. The van der Waals surface area contributed by atoms with Crippen LogP contribution in [0.25, 0.3) is 0 Å². The Morgan fingerprint density at radius 3 is 1.92 bits per heavy atom. The van der Waals surface area contributed by atoms with E-state index in [1.165, 1.54) is 0 Å². The lowest BCUT2D eigenvalue weighted by atomic mass is 10.5. The first kappa shape index (κ1) is 12.9. The highest BCUT2D eigenvalue weighted by atomic mass is 16.5. The van der Waals surface area contributed by atoms with Crippen molar-refractivity contribution in [2.75, 3.05) is 39.6 Å². The molecule has 0 unspecified atom stereocenters. The van der Waals surface area contributed by atoms with Gasteiger partial charge >= 0.3 is 0 Å². The topological polar surface area (TPSA) is 27.7 Å². The Bertz CT molecular complexity index is 76.2. The molecular formula is C10H21O3. The van der Waals surface area contributed by atoms with Crippen LogP contribution in [0.4, 0.5) is 0 Å². The van der Waals surface area contributed by atoms with Gasteiger partial charge in [-0.3, -0.25) is 0 Å². The molecule has 0 atom stereocenters. The molecule has 0 saturated carbocycles. The predicted octanol–water partition coefficient (Wildman–Crippen LogP) is 1.67. The van der Waals surface area contributed by atoms with Gasteiger partial charge < -0.3 is 14.2 Å². The summed E-state index contributed by atoms with van der Waals surface area (Å²) < 4.78 is 15.7. The molecule has 0 aromatic carbocycles. The van der Waals surface area contributed by atoms with Crippen molar-refractivity contribution >= 4 is 0 Å². The van der Waals surface area contributed by atoms with Gasteiger partial charge in [-0.25, -0.2) is 0 Å². The summed E-state index contributed by atoms with van der Waals surface area (Å²) in [4.78, 5) is 0. The second-order valence-corrected chi connectivity index (χ2v) is 2.71. The van der Waals surface area contributed by atoms with Gasteiger partial charge in [0.1, 0.15) is 0 Å². The van der Waals surface area contributed by atoms with Gasteiger partial charge in [-0.15, -0.1) is 0 Å². The van der Waals surface area contributed by atoms with E-state index < -0.39 is 0 Å². The first-order chi connectivity index (χ1) is 6.41. The van der Waals surface area contributed by atoms with Crippen molar-refractivity contribution in [3.63, 3.8) is 0 Å². The van der Waals surface area contributed by atoms with Gasteiger partial charge in [-0.05, 0) is 12.8 Å². The molecule has 0 heterocycles. The number of hydrogen-bond donors (Lipinski definition) is 0. The number of ether oxygens (including phenoxy) is 3. The maximum absolute atomic E-state index is 5.26. The first-order valence-corrected chi connectivity index (χ1v) is 4.92. The minimum absolute atomic E-state index is 0.656. The monoisotopic (exact) mass is 189 g/mol. The standard InChI is InChI=1S/C10H21O3/c1-3-5-11-7-9-13-10-8-12-6-4-2/h3H,4-10H2,1-2H3. The lowest BCUT2D eigenvalue weighted by Gasteiger charge is -2.05. The Hall–Kier alpha value is -0.120. The number of hydrogen-bond acceptors (Lipinski definition) is 3. The molecule has 3 nitrogen and oxygen atoms in total. The third kappa shape index (κ3) is 11.9. The molecule has 0 rings (SSSR count). The van der Waals surface area contributed by atoms with Gasteiger partial charge in [0, 0.05) is 13.2 Å². The van der Waals surface area contributed by atoms with Crippen molar-refractivity contribution in [1.82, 2.24) is 0 Å². The molecule has 0 amide bonds. The van der Waals surface area contributed by atoms with E-state index in [2.05, 4.69) is 6.92 Å². The summed E-state index contributed by atoms with van der Waals surface area (Å²) in [6.07, 6.45) is 3.04. The normalized spacial score (nSPS) is 10.6. The van der Waals surface area contributed by atoms with E-state index in [4.69, 9.17) is 14.2 Å². The highest BCUT2D eigenvalue weighted by molar-refractivity contribution is 4.50. The van der Waals surface area contributed by atoms with Crippen LogP contribution in [-0.2, 0) is 14.2 Å². The molecule has 79 valence electrons. The zero-order valence-electron chi connectivity index (χ0n) is 8.75. The smallest absolute Gasteiger partial charge is 0.0701 e. The molecule has 0 aliphatic carbocycles. The Kier molecular flexibility index (Phi) is 11.8. The van der Waals surface area contributed by atoms with Crippen molar-refractivity contribution < 1.29 is 14.2 Å². The van der Waals surface area contributed by atoms with Crippen LogP contribution in [0.3, 0.4) is 0 Å². The lowest BCUT2D eigenvalue weighted by Crippen LogP contribution is -2.09. The van der Waals surface area contributed by atoms with Gasteiger partial charge in [0.25, 0.3) is 0 Å². The Morgan fingerprint density at radius 1 is 0.846 bits per heavy atom. The second-order valence-electron chi connectivity index (χ2n) is 2.71. The number of rotatable bonds is 10. The molecular weight excluding hydrogens is 168 g/mol. The molecule has 0 saturated heterocycles. The average Bonchev–Trinajstić information content (AvgIpc) is 2.16. The molecule has 0 spiro atoms. The van der Waals surface area contributed by atoms with Crippen LogP contribution in [0.2, 0.25) is 0 Å². The fourth-order valence-corrected chi connectivity index (χ4v) is 0.785. The zero-order chi connectivity index (χ0) is 9.78. The van der Waals surface area contributed by atoms with E-state index in [-0.39, 0.29) is 0 Å². The van der Waals surface area contributed by atoms with E-state index in [1.54, 1.807) is 0 Å². The fourth-order valence-electron chi connectivity index (χ4n) is 0.785. The minimum Gasteiger partial charge on any atom is -0.379 e. The fraction of sp³-hybridized carbons (Fsp3) is 0.900. The quantitative estimate of drug-likeness (QED) is 0.489. The molecule has 0 fully saturated rings. The van der Waals surface area contributed by atoms with Gasteiger partial charge in [0.15, 0.2) is 0 Å². The molecule has 0 aliphatic heterocycles. The highest BCUT2D eigenvalue weighted by Crippen LogP contribution is 1.83. The SMILES string of the molecule is C[CH]COCCOCCOCCC. The Labute approximate surface area is 81.4 Å². The Balaban J connectivity index is 2.76. The van der Waals surface area contributed by atoms with Crippen LogP contribution in [0.1, 0.15) is 20.3 Å². The largest absolute Gasteiger partial charge is 0.379 e. The first-order valence-electron chi connectivity index (χ1n) is 4.92. The van der Waals surface area contributed by atoms with Gasteiger partial charge in [0.05, 0.1) is 26.4 Å². The van der Waals surface area contributed by atoms with Crippen LogP contribution in [-0.4, -0.2) is 39.6 Å². The summed E-state index contributed by atoms with van der Waals surface area (Å²) in [6.45, 7) is 8.27. The molecule has 0 aromatic heterocycles. The van der Waals surface area contributed by atoms with Crippen LogP contribution in [0.15, 0.2) is 0 Å². The van der Waals surface area contributed by atoms with E-state index in [0.29, 0.717) is 33.0 Å². The van der Waals surface area contributed by atoms with E-state index in [1.807, 2.05) is 13.3 Å². The molecule has 0 N–H and O–H groups in total. The summed E-state index contributed by atoms with van der Waals surface area (Å²) in [6, 6.07) is 0. The average molecular weight is 189 g/mol. The maximum Gasteiger partial charge on any atom is 0.0701 e. The van der Waals surface area contributed by atoms with Gasteiger partial charge in [0.2, 0.25) is 0 Å². The molecule has 0 aromatic rings. The predicted molar refractivity (Wildman–Crippen MR) is 52.7 cm³/mol. The van der Waals surface area contributed by atoms with Crippen molar-refractivity contribution in [1.29, 1.82) is 0 Å². The maximum atomic E-state index is 5.26. The molecule has 0 bridgehead atoms. The zero-order valence-corrected chi connectivity index (χ0v) is 8.75.